The Morgan fingerprint density at radius 1 is 1.18 bits per heavy atom. The summed E-state index contributed by atoms with van der Waals surface area (Å²) in [6.45, 7) is 0. The largest absolute Gasteiger partial charge is 0.378 e. The van der Waals surface area contributed by atoms with Gasteiger partial charge in [-0.2, -0.15) is 0 Å². The molecule has 0 spiro atoms. The Hall–Kier alpha value is -1.03. The lowest BCUT2D eigenvalue weighted by Crippen LogP contribution is -2.12. The maximum absolute atomic E-state index is 6.20. The Labute approximate surface area is 111 Å². The van der Waals surface area contributed by atoms with Crippen molar-refractivity contribution in [1.29, 1.82) is 0 Å². The third kappa shape index (κ3) is 2.63. The molecule has 1 heterocycles. The molecule has 0 bridgehead atoms. The van der Waals surface area contributed by atoms with Crippen molar-refractivity contribution < 1.29 is 0 Å². The van der Waals surface area contributed by atoms with Crippen LogP contribution in [-0.2, 0) is 0 Å². The first kappa shape index (κ1) is 12.4. The monoisotopic (exact) mass is 266 g/mol. The van der Waals surface area contributed by atoms with Crippen molar-refractivity contribution in [3.8, 4) is 0 Å². The molecule has 0 radical (unpaired) electrons. The van der Waals surface area contributed by atoms with Gasteiger partial charge in [-0.1, -0.05) is 23.7 Å². The highest BCUT2D eigenvalue weighted by atomic mass is 35.5. The van der Waals surface area contributed by atoms with Gasteiger partial charge in [0.2, 0.25) is 0 Å². The highest BCUT2D eigenvalue weighted by Crippen LogP contribution is 2.31. The fourth-order valence-corrected chi connectivity index (χ4v) is 2.86. The van der Waals surface area contributed by atoms with Crippen LogP contribution in [0.25, 0.3) is 0 Å². The van der Waals surface area contributed by atoms with E-state index in [0.29, 0.717) is 0 Å². The van der Waals surface area contributed by atoms with Crippen LogP contribution in [-0.4, -0.2) is 14.1 Å². The van der Waals surface area contributed by atoms with Crippen LogP contribution in [0.3, 0.4) is 0 Å². The van der Waals surface area contributed by atoms with E-state index in [1.54, 1.807) is 11.3 Å². The normalized spacial score (nSPS) is 12.5. The number of anilines is 1. The maximum atomic E-state index is 6.20. The minimum absolute atomic E-state index is 0.140. The molecule has 1 aromatic heterocycles. The average Bonchev–Trinajstić information content (AvgIpc) is 2.74. The van der Waals surface area contributed by atoms with Crippen LogP contribution >= 0.6 is 22.9 Å². The summed E-state index contributed by atoms with van der Waals surface area (Å²) in [6, 6.07) is 9.98. The summed E-state index contributed by atoms with van der Waals surface area (Å²) in [6.07, 6.45) is 0. The summed E-state index contributed by atoms with van der Waals surface area (Å²) in [5, 5.41) is 2.71. The van der Waals surface area contributed by atoms with Gasteiger partial charge in [0, 0.05) is 24.7 Å². The predicted molar refractivity (Wildman–Crippen MR) is 76.1 cm³/mol. The number of halogens is 1. The van der Waals surface area contributed by atoms with Gasteiger partial charge in [-0.05, 0) is 29.1 Å². The van der Waals surface area contributed by atoms with Crippen LogP contribution < -0.4 is 10.6 Å². The van der Waals surface area contributed by atoms with E-state index in [1.807, 2.05) is 25.5 Å². The first-order valence-corrected chi connectivity index (χ1v) is 6.61. The molecule has 2 aromatic rings. The predicted octanol–water partition coefficient (Wildman–Crippen LogP) is 3.52. The molecule has 0 aliphatic carbocycles. The lowest BCUT2D eigenvalue weighted by molar-refractivity contribution is 0.893. The van der Waals surface area contributed by atoms with Gasteiger partial charge in [-0.25, -0.2) is 0 Å². The van der Waals surface area contributed by atoms with Crippen molar-refractivity contribution in [3.63, 3.8) is 0 Å². The van der Waals surface area contributed by atoms with Crippen LogP contribution in [0.15, 0.2) is 35.7 Å². The highest BCUT2D eigenvalue weighted by Gasteiger charge is 2.13. The second-order valence-electron chi connectivity index (χ2n) is 4.10. The number of thiophene rings is 1. The third-order valence-corrected chi connectivity index (χ3v) is 4.14. The number of hydrogen-bond acceptors (Lipinski definition) is 3. The number of nitrogens with zero attached hydrogens (tertiary/aromatic N) is 1. The van der Waals surface area contributed by atoms with Gasteiger partial charge in [0.15, 0.2) is 0 Å². The molecule has 2 rings (SSSR count). The first-order valence-electron chi connectivity index (χ1n) is 5.35. The van der Waals surface area contributed by atoms with Crippen molar-refractivity contribution in [3.05, 3.63) is 51.2 Å². The standard InChI is InChI=1S/C13H15ClN2S/c1-16(2)10-5-3-9(4-6-10)12(15)13-11(14)7-8-17-13/h3-8,12H,15H2,1-2H3. The van der Waals surface area contributed by atoms with Crippen molar-refractivity contribution in [2.45, 2.75) is 6.04 Å². The molecule has 0 amide bonds. The van der Waals surface area contributed by atoms with Gasteiger partial charge in [0.05, 0.1) is 11.1 Å². The molecular formula is C13H15ClN2S. The Morgan fingerprint density at radius 3 is 2.29 bits per heavy atom. The van der Waals surface area contributed by atoms with Crippen LogP contribution in [0.5, 0.6) is 0 Å². The molecule has 90 valence electrons. The van der Waals surface area contributed by atoms with E-state index in [2.05, 4.69) is 29.2 Å². The van der Waals surface area contributed by atoms with Crippen molar-refractivity contribution >= 4 is 28.6 Å². The minimum atomic E-state index is -0.140. The molecule has 4 heteroatoms. The summed E-state index contributed by atoms with van der Waals surface area (Å²) in [5.41, 5.74) is 8.45. The molecule has 0 fully saturated rings. The third-order valence-electron chi connectivity index (χ3n) is 2.70. The molecule has 0 saturated carbocycles. The number of rotatable bonds is 3. The van der Waals surface area contributed by atoms with E-state index in [0.717, 1.165) is 15.5 Å². The number of hydrogen-bond donors (Lipinski definition) is 1. The van der Waals surface area contributed by atoms with Gasteiger partial charge in [-0.3, -0.25) is 0 Å². The zero-order valence-electron chi connectivity index (χ0n) is 9.85. The molecule has 17 heavy (non-hydrogen) atoms. The quantitative estimate of drug-likeness (QED) is 0.921. The molecule has 2 nitrogen and oxygen atoms in total. The van der Waals surface area contributed by atoms with Crippen molar-refractivity contribution in [1.82, 2.24) is 0 Å². The van der Waals surface area contributed by atoms with Crippen LogP contribution in [0.1, 0.15) is 16.5 Å². The summed E-state index contributed by atoms with van der Waals surface area (Å²) in [7, 11) is 4.04. The van der Waals surface area contributed by atoms with Gasteiger partial charge in [0.1, 0.15) is 0 Å². The molecule has 2 N–H and O–H groups in total. The number of benzene rings is 1. The van der Waals surface area contributed by atoms with Gasteiger partial charge in [-0.15, -0.1) is 11.3 Å². The van der Waals surface area contributed by atoms with Gasteiger partial charge >= 0.3 is 0 Å². The van der Waals surface area contributed by atoms with E-state index in [9.17, 15) is 0 Å². The Balaban J connectivity index is 2.26. The fraction of sp³-hybridized carbons (Fsp3) is 0.231. The Bertz CT molecular complexity index is 490. The van der Waals surface area contributed by atoms with Gasteiger partial charge < -0.3 is 10.6 Å². The Kier molecular flexibility index (Phi) is 3.72. The zero-order valence-corrected chi connectivity index (χ0v) is 11.4. The summed E-state index contributed by atoms with van der Waals surface area (Å²) in [5.74, 6) is 0. The number of nitrogens with two attached hydrogens (primary N) is 1. The maximum Gasteiger partial charge on any atom is 0.0661 e. The second kappa shape index (κ2) is 5.08. The van der Waals surface area contributed by atoms with E-state index < -0.39 is 0 Å². The molecule has 1 atom stereocenters. The van der Waals surface area contributed by atoms with Gasteiger partial charge in [0.25, 0.3) is 0 Å². The molecule has 0 aliphatic heterocycles. The second-order valence-corrected chi connectivity index (χ2v) is 5.45. The molecular weight excluding hydrogens is 252 g/mol. The Morgan fingerprint density at radius 2 is 1.82 bits per heavy atom. The molecule has 1 aromatic carbocycles. The molecule has 0 saturated heterocycles. The lowest BCUT2D eigenvalue weighted by atomic mass is 10.1. The summed E-state index contributed by atoms with van der Waals surface area (Å²) >= 11 is 7.68. The smallest absolute Gasteiger partial charge is 0.0661 e. The van der Waals surface area contributed by atoms with Crippen molar-refractivity contribution in [2.24, 2.45) is 5.73 Å². The van der Waals surface area contributed by atoms with E-state index in [1.165, 1.54) is 5.69 Å². The van der Waals surface area contributed by atoms with E-state index in [4.69, 9.17) is 17.3 Å². The van der Waals surface area contributed by atoms with Crippen LogP contribution in [0.2, 0.25) is 5.02 Å². The minimum Gasteiger partial charge on any atom is -0.378 e. The van der Waals surface area contributed by atoms with Crippen LogP contribution in [0.4, 0.5) is 5.69 Å². The summed E-state index contributed by atoms with van der Waals surface area (Å²) < 4.78 is 0. The van der Waals surface area contributed by atoms with E-state index in [-0.39, 0.29) is 6.04 Å². The fourth-order valence-electron chi connectivity index (χ4n) is 1.66. The van der Waals surface area contributed by atoms with Crippen LogP contribution in [0, 0.1) is 0 Å². The lowest BCUT2D eigenvalue weighted by Gasteiger charge is -2.15. The molecule has 1 unspecified atom stereocenters. The SMILES string of the molecule is CN(C)c1ccc(C(N)c2sccc2Cl)cc1. The topological polar surface area (TPSA) is 29.3 Å². The van der Waals surface area contributed by atoms with Crippen molar-refractivity contribution in [2.75, 3.05) is 19.0 Å². The zero-order chi connectivity index (χ0) is 12.4. The average molecular weight is 267 g/mol. The molecule has 0 aliphatic rings. The summed E-state index contributed by atoms with van der Waals surface area (Å²) in [4.78, 5) is 3.08. The first-order chi connectivity index (χ1) is 8.09. The van der Waals surface area contributed by atoms with E-state index >= 15 is 0 Å². The highest BCUT2D eigenvalue weighted by molar-refractivity contribution is 7.10.